The van der Waals surface area contributed by atoms with Gasteiger partial charge in [0.05, 0.1) is 0 Å². The van der Waals surface area contributed by atoms with E-state index in [-0.39, 0.29) is 0 Å². The molecule has 1 nitrogen and oxygen atoms in total. The van der Waals surface area contributed by atoms with Crippen molar-refractivity contribution < 1.29 is 0 Å². The maximum atomic E-state index is 2.64. The molecule has 1 heterocycles. The van der Waals surface area contributed by atoms with E-state index in [9.17, 15) is 0 Å². The Morgan fingerprint density at radius 2 is 2.22 bits per heavy atom. The van der Waals surface area contributed by atoms with Gasteiger partial charge in [-0.3, -0.25) is 4.90 Å². The Kier molecular flexibility index (Phi) is 1.10. The monoisotopic (exact) mass is 125 g/mol. The molecule has 1 saturated heterocycles. The molecule has 0 amide bonds. The number of nitrogens with zero attached hydrogens (tertiary/aromatic N) is 1. The van der Waals surface area contributed by atoms with Gasteiger partial charge in [-0.25, -0.2) is 0 Å². The SMILES string of the molecule is CC(C)N1CC[C@@H]2C[C@@H]21. The fourth-order valence-corrected chi connectivity index (χ4v) is 2.07. The van der Waals surface area contributed by atoms with Crippen molar-refractivity contribution in [2.45, 2.75) is 38.8 Å². The lowest BCUT2D eigenvalue weighted by atomic mass is 10.3. The van der Waals surface area contributed by atoms with Gasteiger partial charge in [-0.05, 0) is 39.2 Å². The highest BCUT2D eigenvalue weighted by molar-refractivity contribution is 5.01. The van der Waals surface area contributed by atoms with Crippen LogP contribution >= 0.6 is 0 Å². The van der Waals surface area contributed by atoms with Crippen LogP contribution in [0.4, 0.5) is 0 Å². The first-order chi connectivity index (χ1) is 4.29. The molecule has 0 aromatic carbocycles. The van der Waals surface area contributed by atoms with E-state index >= 15 is 0 Å². The molecular formula is C8H15N. The summed E-state index contributed by atoms with van der Waals surface area (Å²) < 4.78 is 0. The number of piperidine rings is 1. The van der Waals surface area contributed by atoms with Crippen LogP contribution < -0.4 is 0 Å². The van der Waals surface area contributed by atoms with Crippen molar-refractivity contribution in [3.8, 4) is 0 Å². The van der Waals surface area contributed by atoms with E-state index in [1.807, 2.05) is 0 Å². The summed E-state index contributed by atoms with van der Waals surface area (Å²) in [5.41, 5.74) is 0. The molecule has 0 aromatic heterocycles. The zero-order chi connectivity index (χ0) is 6.43. The molecule has 2 atom stereocenters. The highest BCUT2D eigenvalue weighted by Gasteiger charge is 2.47. The van der Waals surface area contributed by atoms with E-state index < -0.39 is 0 Å². The largest absolute Gasteiger partial charge is 0.298 e. The van der Waals surface area contributed by atoms with Crippen LogP contribution in [0.1, 0.15) is 26.7 Å². The summed E-state index contributed by atoms with van der Waals surface area (Å²) in [6.07, 6.45) is 2.97. The van der Waals surface area contributed by atoms with E-state index in [1.165, 1.54) is 19.4 Å². The number of rotatable bonds is 1. The van der Waals surface area contributed by atoms with Gasteiger partial charge in [0, 0.05) is 12.1 Å². The lowest BCUT2D eigenvalue weighted by Gasteiger charge is -2.21. The topological polar surface area (TPSA) is 3.24 Å². The molecule has 1 heteroatoms. The van der Waals surface area contributed by atoms with Crippen LogP contribution in [-0.2, 0) is 0 Å². The van der Waals surface area contributed by atoms with E-state index in [4.69, 9.17) is 0 Å². The second-order valence-corrected chi connectivity index (χ2v) is 3.68. The first-order valence-electron chi connectivity index (χ1n) is 4.05. The van der Waals surface area contributed by atoms with Gasteiger partial charge in [0.1, 0.15) is 0 Å². The Hall–Kier alpha value is -0.0400. The highest BCUT2D eigenvalue weighted by Crippen LogP contribution is 2.45. The summed E-state index contributed by atoms with van der Waals surface area (Å²) in [5, 5.41) is 0. The van der Waals surface area contributed by atoms with E-state index in [2.05, 4.69) is 18.7 Å². The van der Waals surface area contributed by atoms with Crippen LogP contribution in [0.25, 0.3) is 0 Å². The molecule has 0 radical (unpaired) electrons. The molecule has 0 aromatic rings. The third kappa shape index (κ3) is 0.787. The Bertz CT molecular complexity index is 120. The zero-order valence-electron chi connectivity index (χ0n) is 6.30. The van der Waals surface area contributed by atoms with Gasteiger partial charge in [-0.15, -0.1) is 0 Å². The summed E-state index contributed by atoms with van der Waals surface area (Å²) in [4.78, 5) is 2.64. The van der Waals surface area contributed by atoms with Crippen LogP contribution in [0.3, 0.4) is 0 Å². The second-order valence-electron chi connectivity index (χ2n) is 3.68. The number of hydrogen-bond donors (Lipinski definition) is 0. The van der Waals surface area contributed by atoms with Crippen LogP contribution in [-0.4, -0.2) is 23.5 Å². The quantitative estimate of drug-likeness (QED) is 0.513. The summed E-state index contributed by atoms with van der Waals surface area (Å²) in [6, 6.07) is 1.80. The Balaban J connectivity index is 1.98. The van der Waals surface area contributed by atoms with Crippen molar-refractivity contribution in [2.75, 3.05) is 6.54 Å². The summed E-state index contributed by atoms with van der Waals surface area (Å²) >= 11 is 0. The van der Waals surface area contributed by atoms with Gasteiger partial charge in [-0.2, -0.15) is 0 Å². The van der Waals surface area contributed by atoms with Gasteiger partial charge in [-0.1, -0.05) is 0 Å². The van der Waals surface area contributed by atoms with Crippen LogP contribution in [0, 0.1) is 5.92 Å². The van der Waals surface area contributed by atoms with Crippen LogP contribution in [0.15, 0.2) is 0 Å². The lowest BCUT2D eigenvalue weighted by molar-refractivity contribution is 0.242. The molecule has 9 heavy (non-hydrogen) atoms. The van der Waals surface area contributed by atoms with Crippen molar-refractivity contribution in [1.29, 1.82) is 0 Å². The fraction of sp³-hybridized carbons (Fsp3) is 1.00. The highest BCUT2D eigenvalue weighted by atomic mass is 15.2. The van der Waals surface area contributed by atoms with Crippen molar-refractivity contribution in [3.63, 3.8) is 0 Å². The predicted molar refractivity (Wildman–Crippen MR) is 38.4 cm³/mol. The Labute approximate surface area is 57.0 Å². The van der Waals surface area contributed by atoms with E-state index in [0.717, 1.165) is 18.0 Å². The average molecular weight is 125 g/mol. The van der Waals surface area contributed by atoms with Crippen molar-refractivity contribution in [1.82, 2.24) is 4.90 Å². The summed E-state index contributed by atoms with van der Waals surface area (Å²) in [5.74, 6) is 1.10. The standard InChI is InChI=1S/C8H15N/c1-6(2)9-4-3-7-5-8(7)9/h6-8H,3-5H2,1-2H3/t7-,8+/m1/s1. The molecule has 52 valence electrons. The molecule has 1 aliphatic heterocycles. The first-order valence-corrected chi connectivity index (χ1v) is 4.05. The fourth-order valence-electron chi connectivity index (χ4n) is 2.07. The van der Waals surface area contributed by atoms with Crippen molar-refractivity contribution >= 4 is 0 Å². The van der Waals surface area contributed by atoms with Gasteiger partial charge in [0.2, 0.25) is 0 Å². The minimum Gasteiger partial charge on any atom is -0.298 e. The van der Waals surface area contributed by atoms with Gasteiger partial charge in [0.25, 0.3) is 0 Å². The van der Waals surface area contributed by atoms with Crippen molar-refractivity contribution in [2.24, 2.45) is 5.92 Å². The summed E-state index contributed by atoms with van der Waals surface area (Å²) in [7, 11) is 0. The maximum absolute atomic E-state index is 2.64. The van der Waals surface area contributed by atoms with Gasteiger partial charge in [0.15, 0.2) is 0 Å². The molecule has 1 aliphatic carbocycles. The predicted octanol–water partition coefficient (Wildman–Crippen LogP) is 1.49. The maximum Gasteiger partial charge on any atom is 0.0130 e. The smallest absolute Gasteiger partial charge is 0.0130 e. The van der Waals surface area contributed by atoms with Crippen LogP contribution in [0.2, 0.25) is 0 Å². The molecule has 0 bridgehead atoms. The normalized spacial score (nSPS) is 41.7. The molecule has 0 spiro atoms. The molecule has 2 rings (SSSR count). The molecule has 1 saturated carbocycles. The van der Waals surface area contributed by atoms with Gasteiger partial charge >= 0.3 is 0 Å². The second kappa shape index (κ2) is 1.72. The molecule has 2 aliphatic rings. The third-order valence-corrected chi connectivity index (χ3v) is 2.73. The van der Waals surface area contributed by atoms with E-state index in [1.54, 1.807) is 0 Å². The average Bonchev–Trinajstić information content (AvgIpc) is 2.43. The van der Waals surface area contributed by atoms with Crippen molar-refractivity contribution in [3.05, 3.63) is 0 Å². The number of likely N-dealkylation sites (tertiary alicyclic amines) is 1. The first kappa shape index (κ1) is 5.72. The third-order valence-electron chi connectivity index (χ3n) is 2.73. The summed E-state index contributed by atoms with van der Waals surface area (Å²) in [6.45, 7) is 5.98. The molecular weight excluding hydrogens is 110 g/mol. The van der Waals surface area contributed by atoms with Crippen LogP contribution in [0.5, 0.6) is 0 Å². The molecule has 0 unspecified atom stereocenters. The Morgan fingerprint density at radius 1 is 1.44 bits per heavy atom. The molecule has 2 fully saturated rings. The molecule has 0 N–H and O–H groups in total. The number of fused-ring (bicyclic) bond motifs is 1. The Morgan fingerprint density at radius 3 is 2.44 bits per heavy atom. The lowest BCUT2D eigenvalue weighted by Crippen LogP contribution is -2.30. The minimum absolute atomic E-state index is 0.794. The van der Waals surface area contributed by atoms with Gasteiger partial charge < -0.3 is 0 Å². The zero-order valence-corrected chi connectivity index (χ0v) is 6.30. The minimum atomic E-state index is 0.794. The number of hydrogen-bond acceptors (Lipinski definition) is 1. The van der Waals surface area contributed by atoms with E-state index in [0.29, 0.717) is 0 Å².